The van der Waals surface area contributed by atoms with Gasteiger partial charge in [-0.3, -0.25) is 29.6 Å². The predicted molar refractivity (Wildman–Crippen MR) is 284 cm³/mol. The highest BCUT2D eigenvalue weighted by atomic mass is 35.5. The maximum Gasteiger partial charge on any atom is 0.315 e. The van der Waals surface area contributed by atoms with Crippen LogP contribution in [-0.2, 0) is 0 Å². The van der Waals surface area contributed by atoms with E-state index in [9.17, 15) is 14.4 Å². The lowest BCUT2D eigenvalue weighted by atomic mass is 9.97. The molecule has 3 aromatic heterocycles. The fourth-order valence-electron chi connectivity index (χ4n) is 10.9. The van der Waals surface area contributed by atoms with E-state index in [4.69, 9.17) is 38.4 Å². The Kier molecular flexibility index (Phi) is 17.7. The average molecular weight is 1020 g/mol. The third kappa shape index (κ3) is 12.3. The Morgan fingerprint density at radius 2 is 1.10 bits per heavy atom. The van der Waals surface area contributed by atoms with Gasteiger partial charge in [-0.25, -0.2) is 15.8 Å². The number of nitrogen functional groups attached to an aromatic ring is 1. The monoisotopic (exact) mass is 1020 g/mol. The van der Waals surface area contributed by atoms with Gasteiger partial charge in [-0.15, -0.1) is 5.10 Å². The van der Waals surface area contributed by atoms with E-state index in [1.165, 1.54) is 0 Å². The van der Waals surface area contributed by atoms with Gasteiger partial charge in [0, 0.05) is 117 Å². The number of nitrogens with one attached hydrogen (secondary N) is 2. The number of piperidine rings is 2. The van der Waals surface area contributed by atoms with E-state index in [-0.39, 0.29) is 17.7 Å². The van der Waals surface area contributed by atoms with E-state index in [0.717, 1.165) is 133 Å². The van der Waals surface area contributed by atoms with Crippen molar-refractivity contribution in [2.75, 3.05) is 87.1 Å². The molecule has 9 rings (SSSR count). The largest absolute Gasteiger partial charge is 0.402 e. The number of nitrogens with zero attached hydrogens (tertiary/aromatic N) is 10. The number of anilines is 3. The maximum absolute atomic E-state index is 12.9. The quantitative estimate of drug-likeness (QED) is 0.0631. The van der Waals surface area contributed by atoms with Crippen molar-refractivity contribution >= 4 is 58.3 Å². The second-order valence-electron chi connectivity index (χ2n) is 19.1. The van der Waals surface area contributed by atoms with Gasteiger partial charge in [0.05, 0.1) is 22.8 Å². The van der Waals surface area contributed by atoms with Gasteiger partial charge in [0.15, 0.2) is 0 Å². The number of carbonyl (C=O) groups is 3. The molecule has 72 heavy (non-hydrogen) atoms. The van der Waals surface area contributed by atoms with Crippen LogP contribution in [0.1, 0.15) is 102 Å². The number of aryl methyl sites for hydroxylation is 2. The lowest BCUT2D eigenvalue weighted by Crippen LogP contribution is -2.58. The van der Waals surface area contributed by atoms with Crippen molar-refractivity contribution in [3.8, 4) is 11.6 Å². The maximum atomic E-state index is 12.9. The minimum atomic E-state index is -0.383. The summed E-state index contributed by atoms with van der Waals surface area (Å²) in [6, 6.07) is 24.4. The summed E-state index contributed by atoms with van der Waals surface area (Å²) in [5.74, 6) is 5.46. The first-order chi connectivity index (χ1) is 34.9. The summed E-state index contributed by atoms with van der Waals surface area (Å²) < 4.78 is 5.67. The van der Waals surface area contributed by atoms with Crippen molar-refractivity contribution in [3.05, 3.63) is 111 Å². The first kappa shape index (κ1) is 52.5. The van der Waals surface area contributed by atoms with Gasteiger partial charge in [-0.1, -0.05) is 42.1 Å². The number of amides is 3. The zero-order valence-corrected chi connectivity index (χ0v) is 43.7. The number of carbonyl (C=O) groups excluding carboxylic acids is 3. The summed E-state index contributed by atoms with van der Waals surface area (Å²) in [5.41, 5.74) is 8.57. The molecule has 19 heteroatoms. The number of hydrogen-bond donors (Lipinski definition) is 3. The van der Waals surface area contributed by atoms with Gasteiger partial charge in [-0.2, -0.15) is 0 Å². The summed E-state index contributed by atoms with van der Waals surface area (Å²) in [6.45, 7) is 20.0. The van der Waals surface area contributed by atoms with Crippen LogP contribution in [0, 0.1) is 13.8 Å². The Hall–Kier alpha value is -5.85. The Morgan fingerprint density at radius 3 is 1.53 bits per heavy atom. The van der Waals surface area contributed by atoms with E-state index >= 15 is 0 Å². The number of hydrazine groups is 1. The molecule has 4 saturated heterocycles. The molecule has 5 aromatic rings. The highest BCUT2D eigenvalue weighted by molar-refractivity contribution is 6.31. The van der Waals surface area contributed by atoms with E-state index in [0.29, 0.717) is 68.6 Å². The second kappa shape index (κ2) is 24.2. The molecule has 3 amide bonds. The molecule has 2 atom stereocenters. The van der Waals surface area contributed by atoms with Gasteiger partial charge in [0.1, 0.15) is 11.4 Å². The summed E-state index contributed by atoms with van der Waals surface area (Å²) in [5, 5.41) is 12.5. The number of pyridine rings is 2. The highest BCUT2D eigenvalue weighted by Gasteiger charge is 2.36. The fraction of sp³-hybridized carbons (Fsp3) is 0.491. The topological polar surface area (TPSA) is 185 Å². The summed E-state index contributed by atoms with van der Waals surface area (Å²) in [6.07, 6.45) is 6.12. The van der Waals surface area contributed by atoms with Crippen LogP contribution in [0.15, 0.2) is 77.2 Å². The third-order valence-electron chi connectivity index (χ3n) is 14.8. The molecule has 2 aromatic carbocycles. The number of piperazine rings is 2. The molecule has 384 valence electrons. The Labute approximate surface area is 433 Å². The second-order valence-corrected chi connectivity index (χ2v) is 19.9. The zero-order valence-electron chi connectivity index (χ0n) is 42.2. The highest BCUT2D eigenvalue weighted by Crippen LogP contribution is 2.31. The summed E-state index contributed by atoms with van der Waals surface area (Å²) >= 11 is 11.9. The van der Waals surface area contributed by atoms with Crippen LogP contribution < -0.4 is 26.4 Å². The van der Waals surface area contributed by atoms with Gasteiger partial charge in [0.2, 0.25) is 0 Å². The van der Waals surface area contributed by atoms with E-state index in [2.05, 4.69) is 65.4 Å². The van der Waals surface area contributed by atoms with Crippen molar-refractivity contribution in [1.29, 1.82) is 0 Å². The fourth-order valence-corrected chi connectivity index (χ4v) is 11.1. The number of rotatable bonds is 12. The number of halogens is 2. The van der Waals surface area contributed by atoms with E-state index in [1.807, 2.05) is 54.8 Å². The van der Waals surface area contributed by atoms with Crippen LogP contribution in [0.5, 0.6) is 0 Å². The molecule has 4 fully saturated rings. The van der Waals surface area contributed by atoms with Crippen molar-refractivity contribution in [2.45, 2.75) is 97.3 Å². The minimum Gasteiger partial charge on any atom is -0.402 e. The van der Waals surface area contributed by atoms with Gasteiger partial charge >= 0.3 is 6.01 Å². The molecule has 4 N–H and O–H groups in total. The molecular weight excluding hydrogens is 954 g/mol. The molecule has 4 aliphatic heterocycles. The van der Waals surface area contributed by atoms with Crippen molar-refractivity contribution in [1.82, 2.24) is 45.2 Å². The average Bonchev–Trinajstić information content (AvgIpc) is 3.89. The van der Waals surface area contributed by atoms with Crippen LogP contribution in [0.3, 0.4) is 0 Å². The molecule has 0 aliphatic carbocycles. The van der Waals surface area contributed by atoms with E-state index in [1.54, 1.807) is 42.5 Å². The predicted octanol–water partition coefficient (Wildman–Crippen LogP) is 7.58. The molecule has 0 radical (unpaired) electrons. The lowest BCUT2D eigenvalue weighted by Gasteiger charge is -2.48. The Morgan fingerprint density at radius 1 is 0.625 bits per heavy atom. The summed E-state index contributed by atoms with van der Waals surface area (Å²) in [7, 11) is 0. The van der Waals surface area contributed by atoms with Gasteiger partial charge < -0.3 is 29.3 Å². The van der Waals surface area contributed by atoms with Crippen LogP contribution in [0.4, 0.5) is 17.4 Å². The molecule has 17 nitrogen and oxygen atoms in total. The van der Waals surface area contributed by atoms with Crippen LogP contribution >= 0.6 is 23.2 Å². The molecule has 4 aliphatic rings. The number of hydrogen-bond acceptors (Lipinski definition) is 14. The number of benzene rings is 2. The number of aromatic nitrogens is 4. The minimum absolute atomic E-state index is 0.0849. The van der Waals surface area contributed by atoms with Crippen LogP contribution in [0.25, 0.3) is 11.6 Å². The zero-order chi connectivity index (χ0) is 50.9. The van der Waals surface area contributed by atoms with Gasteiger partial charge in [-0.05, 0) is 132 Å². The first-order valence-corrected chi connectivity index (χ1v) is 26.3. The standard InChI is InChI=1S/C28H36ClN7O2.C25H33ClN6O2/c1-4-22-18-35(25-11-10-24(31-19(25)3)26-32-33-28(38-26)30-5-2)16-17-36(22)23-12-14-34(15-13-23)27(37)20-6-8-21(29)9-7-20;1-3-20-16-31(23-9-8-22(24(33)29-27)28-17(23)2)14-15-32(20)21-10-12-30(13-11-21)25(34)18-4-6-19(26)7-5-18/h6-11,22-23H,4-5,12-18H2,1-3H3,(H,30,33);4-9,20-21H,3,10-16,27H2,1-2H3,(H,29,33)/t22-;20-/m00/s1. The molecule has 0 bridgehead atoms. The lowest BCUT2D eigenvalue weighted by molar-refractivity contribution is 0.0486. The molecule has 0 saturated carbocycles. The SMILES string of the molecule is CCNc1nnc(-c2ccc(N3CCN(C4CCN(C(=O)c5ccc(Cl)cc5)CC4)[C@@H](CC)C3)c(C)n2)o1.CC[C@H]1CN(c2ccc(C(=O)NN)nc2C)CCN1C1CCN(C(=O)c2ccc(Cl)cc2)CC1. The normalized spacial score (nSPS) is 19.4. The molecular formula is C53H69Cl2N13O4. The summed E-state index contributed by atoms with van der Waals surface area (Å²) in [4.78, 5) is 60.9. The van der Waals surface area contributed by atoms with Crippen molar-refractivity contribution < 1.29 is 18.8 Å². The molecule has 7 heterocycles. The first-order valence-electron chi connectivity index (χ1n) is 25.5. The van der Waals surface area contributed by atoms with Gasteiger partial charge in [0.25, 0.3) is 23.6 Å². The smallest absolute Gasteiger partial charge is 0.315 e. The Balaban J connectivity index is 0.000000194. The van der Waals surface area contributed by atoms with Crippen molar-refractivity contribution in [3.63, 3.8) is 0 Å². The van der Waals surface area contributed by atoms with E-state index < -0.39 is 0 Å². The molecule has 0 spiro atoms. The Bertz CT molecular complexity index is 2620. The van der Waals surface area contributed by atoms with Crippen LogP contribution in [0.2, 0.25) is 10.0 Å². The van der Waals surface area contributed by atoms with Crippen LogP contribution in [-0.4, -0.2) is 154 Å². The third-order valence-corrected chi connectivity index (χ3v) is 15.3. The number of likely N-dealkylation sites (tertiary alicyclic amines) is 2. The molecule has 0 unspecified atom stereocenters. The number of nitrogens with two attached hydrogens (primary N) is 1. The van der Waals surface area contributed by atoms with Crippen molar-refractivity contribution in [2.24, 2.45) is 5.84 Å².